The van der Waals surface area contributed by atoms with E-state index in [1.807, 2.05) is 0 Å². The summed E-state index contributed by atoms with van der Waals surface area (Å²) in [6, 6.07) is 6.88. The average molecular weight is 255 g/mol. The summed E-state index contributed by atoms with van der Waals surface area (Å²) >= 11 is 0. The molecule has 0 bridgehead atoms. The number of halogens is 3. The molecule has 5 heteroatoms. The molecular formula is C13H12F3NO. The van der Waals surface area contributed by atoms with Gasteiger partial charge in [-0.1, -0.05) is 12.1 Å². The Morgan fingerprint density at radius 1 is 1.17 bits per heavy atom. The zero-order chi connectivity index (χ0) is 13.2. The third kappa shape index (κ3) is 2.67. The van der Waals surface area contributed by atoms with E-state index >= 15 is 0 Å². The van der Waals surface area contributed by atoms with Crippen LogP contribution in [0.3, 0.4) is 0 Å². The molecule has 0 saturated carbocycles. The lowest BCUT2D eigenvalue weighted by Crippen LogP contribution is -2.13. The SMILES string of the molecule is CC(Nc1ccccc1C(F)(F)F)c1ccoc1. The lowest BCUT2D eigenvalue weighted by molar-refractivity contribution is -0.137. The standard InChI is InChI=1S/C13H12F3NO/c1-9(10-6-7-18-8-10)17-12-5-3-2-4-11(12)13(14,15)16/h2-9,17H,1H3. The minimum Gasteiger partial charge on any atom is -0.472 e. The van der Waals surface area contributed by atoms with Crippen LogP contribution in [-0.4, -0.2) is 0 Å². The van der Waals surface area contributed by atoms with E-state index in [-0.39, 0.29) is 11.7 Å². The van der Waals surface area contributed by atoms with E-state index in [9.17, 15) is 13.2 Å². The average Bonchev–Trinajstić information content (AvgIpc) is 2.81. The largest absolute Gasteiger partial charge is 0.472 e. The van der Waals surface area contributed by atoms with Crippen LogP contribution >= 0.6 is 0 Å². The molecule has 0 spiro atoms. The van der Waals surface area contributed by atoms with Crippen molar-refractivity contribution in [3.63, 3.8) is 0 Å². The number of hydrogen-bond donors (Lipinski definition) is 1. The molecule has 2 rings (SSSR count). The van der Waals surface area contributed by atoms with Crippen LogP contribution in [-0.2, 0) is 6.18 Å². The van der Waals surface area contributed by atoms with E-state index in [1.165, 1.54) is 24.7 Å². The predicted molar refractivity (Wildman–Crippen MR) is 62.2 cm³/mol. The van der Waals surface area contributed by atoms with Gasteiger partial charge in [0.05, 0.1) is 24.1 Å². The van der Waals surface area contributed by atoms with Gasteiger partial charge in [0.1, 0.15) is 0 Å². The van der Waals surface area contributed by atoms with Crippen LogP contribution in [0.2, 0.25) is 0 Å². The Morgan fingerprint density at radius 3 is 2.50 bits per heavy atom. The minimum absolute atomic E-state index is 0.0682. The van der Waals surface area contributed by atoms with E-state index < -0.39 is 11.7 Å². The monoisotopic (exact) mass is 255 g/mol. The lowest BCUT2D eigenvalue weighted by Gasteiger charge is -2.18. The highest BCUT2D eigenvalue weighted by Gasteiger charge is 2.33. The van der Waals surface area contributed by atoms with Gasteiger partial charge in [-0.05, 0) is 25.1 Å². The van der Waals surface area contributed by atoms with Gasteiger partial charge in [-0.25, -0.2) is 0 Å². The van der Waals surface area contributed by atoms with Crippen LogP contribution < -0.4 is 5.32 Å². The number of rotatable bonds is 3. The van der Waals surface area contributed by atoms with Crippen molar-refractivity contribution in [1.29, 1.82) is 0 Å². The Kier molecular flexibility index (Phi) is 3.32. The number of alkyl halides is 3. The fourth-order valence-corrected chi connectivity index (χ4v) is 1.69. The molecule has 0 fully saturated rings. The quantitative estimate of drug-likeness (QED) is 0.875. The van der Waals surface area contributed by atoms with Gasteiger partial charge in [-0.3, -0.25) is 0 Å². The van der Waals surface area contributed by atoms with E-state index in [4.69, 9.17) is 4.42 Å². The van der Waals surface area contributed by atoms with Crippen molar-refractivity contribution in [2.75, 3.05) is 5.32 Å². The van der Waals surface area contributed by atoms with E-state index in [1.54, 1.807) is 19.1 Å². The molecule has 0 aliphatic carbocycles. The summed E-state index contributed by atoms with van der Waals surface area (Å²) in [4.78, 5) is 0. The van der Waals surface area contributed by atoms with Gasteiger partial charge in [0.25, 0.3) is 0 Å². The Balaban J connectivity index is 2.24. The van der Waals surface area contributed by atoms with Gasteiger partial charge in [0, 0.05) is 11.3 Å². The van der Waals surface area contributed by atoms with Crippen molar-refractivity contribution in [3.05, 3.63) is 54.0 Å². The van der Waals surface area contributed by atoms with E-state index in [2.05, 4.69) is 5.32 Å². The second-order valence-corrected chi connectivity index (χ2v) is 3.97. The third-order valence-electron chi connectivity index (χ3n) is 2.65. The van der Waals surface area contributed by atoms with Crippen molar-refractivity contribution in [2.24, 2.45) is 0 Å². The maximum atomic E-state index is 12.8. The van der Waals surface area contributed by atoms with Gasteiger partial charge in [-0.15, -0.1) is 0 Å². The predicted octanol–water partition coefficient (Wildman–Crippen LogP) is 4.47. The molecule has 18 heavy (non-hydrogen) atoms. The minimum atomic E-state index is -4.36. The maximum Gasteiger partial charge on any atom is 0.418 e. The second kappa shape index (κ2) is 4.76. The third-order valence-corrected chi connectivity index (χ3v) is 2.65. The number of anilines is 1. The number of furan rings is 1. The van der Waals surface area contributed by atoms with Crippen LogP contribution in [0.5, 0.6) is 0 Å². The smallest absolute Gasteiger partial charge is 0.418 e. The summed E-state index contributed by atoms with van der Waals surface area (Å²) in [7, 11) is 0. The van der Waals surface area contributed by atoms with Gasteiger partial charge in [0.2, 0.25) is 0 Å². The Labute approximate surface area is 102 Å². The summed E-state index contributed by atoms with van der Waals surface area (Å²) < 4.78 is 43.3. The molecule has 1 aromatic carbocycles. The van der Waals surface area contributed by atoms with E-state index in [0.717, 1.165) is 11.6 Å². The summed E-state index contributed by atoms with van der Waals surface area (Å²) in [6.45, 7) is 1.78. The number of benzene rings is 1. The van der Waals surface area contributed by atoms with E-state index in [0.29, 0.717) is 0 Å². The summed E-state index contributed by atoms with van der Waals surface area (Å²) in [6.07, 6.45) is -1.36. The molecule has 0 aliphatic heterocycles. The molecule has 0 radical (unpaired) electrons. The van der Waals surface area contributed by atoms with Crippen LogP contribution in [0.4, 0.5) is 18.9 Å². The number of hydrogen-bond acceptors (Lipinski definition) is 2. The first kappa shape index (κ1) is 12.5. The Bertz CT molecular complexity index is 505. The first-order valence-electron chi connectivity index (χ1n) is 5.43. The van der Waals surface area contributed by atoms with Gasteiger partial charge in [0.15, 0.2) is 0 Å². The van der Waals surface area contributed by atoms with Crippen LogP contribution in [0.15, 0.2) is 47.3 Å². The highest BCUT2D eigenvalue weighted by atomic mass is 19.4. The molecule has 96 valence electrons. The zero-order valence-corrected chi connectivity index (χ0v) is 9.66. The lowest BCUT2D eigenvalue weighted by atomic mass is 10.1. The highest BCUT2D eigenvalue weighted by molar-refractivity contribution is 5.53. The molecule has 0 aliphatic rings. The zero-order valence-electron chi connectivity index (χ0n) is 9.66. The summed E-state index contributed by atoms with van der Waals surface area (Å²) in [5, 5.41) is 2.84. The summed E-state index contributed by atoms with van der Waals surface area (Å²) in [5.41, 5.74) is 0.200. The molecule has 1 heterocycles. The molecule has 1 N–H and O–H groups in total. The fourth-order valence-electron chi connectivity index (χ4n) is 1.69. The Morgan fingerprint density at radius 2 is 1.89 bits per heavy atom. The number of nitrogens with one attached hydrogen (secondary N) is 1. The molecule has 2 aromatic rings. The van der Waals surface area contributed by atoms with Gasteiger partial charge in [-0.2, -0.15) is 13.2 Å². The molecule has 0 saturated heterocycles. The van der Waals surface area contributed by atoms with Crippen molar-refractivity contribution >= 4 is 5.69 Å². The summed E-state index contributed by atoms with van der Waals surface area (Å²) in [5.74, 6) is 0. The van der Waals surface area contributed by atoms with Crippen molar-refractivity contribution < 1.29 is 17.6 Å². The van der Waals surface area contributed by atoms with Crippen molar-refractivity contribution in [1.82, 2.24) is 0 Å². The normalized spacial score (nSPS) is 13.3. The van der Waals surface area contributed by atoms with Crippen LogP contribution in [0.1, 0.15) is 24.1 Å². The Hall–Kier alpha value is -1.91. The van der Waals surface area contributed by atoms with Crippen LogP contribution in [0, 0.1) is 0 Å². The maximum absolute atomic E-state index is 12.8. The van der Waals surface area contributed by atoms with Gasteiger partial charge >= 0.3 is 6.18 Å². The fraction of sp³-hybridized carbons (Fsp3) is 0.231. The highest BCUT2D eigenvalue weighted by Crippen LogP contribution is 2.35. The van der Waals surface area contributed by atoms with Crippen LogP contribution in [0.25, 0.3) is 0 Å². The second-order valence-electron chi connectivity index (χ2n) is 3.97. The van der Waals surface area contributed by atoms with Crippen molar-refractivity contribution in [2.45, 2.75) is 19.1 Å². The molecular weight excluding hydrogens is 243 g/mol. The first-order valence-corrected chi connectivity index (χ1v) is 5.43. The molecule has 1 aromatic heterocycles. The molecule has 1 atom stereocenters. The molecule has 1 unspecified atom stereocenters. The first-order chi connectivity index (χ1) is 8.48. The number of para-hydroxylation sites is 1. The van der Waals surface area contributed by atoms with Crippen molar-refractivity contribution in [3.8, 4) is 0 Å². The topological polar surface area (TPSA) is 25.2 Å². The molecule has 0 amide bonds. The van der Waals surface area contributed by atoms with Gasteiger partial charge < -0.3 is 9.73 Å². The molecule has 2 nitrogen and oxygen atoms in total.